The molecule has 38 heavy (non-hydrogen) atoms. The molecule has 1 spiro atoms. The van der Waals surface area contributed by atoms with Crippen molar-refractivity contribution in [1.29, 1.82) is 0 Å². The summed E-state index contributed by atoms with van der Waals surface area (Å²) in [6.07, 6.45) is 11.3. The number of aromatic nitrogens is 3. The summed E-state index contributed by atoms with van der Waals surface area (Å²) in [5.74, 6) is 1.79. The van der Waals surface area contributed by atoms with Gasteiger partial charge in [0, 0.05) is 35.4 Å². The number of fused-ring (bicyclic) bond motifs is 4. The highest BCUT2D eigenvalue weighted by Crippen LogP contribution is 2.51. The Labute approximate surface area is 230 Å². The molecule has 5 N–H and O–H groups in total. The Morgan fingerprint density at radius 3 is 2.45 bits per heavy atom. The molecule has 2 aromatic carbocycles. The lowest BCUT2D eigenvalue weighted by molar-refractivity contribution is 0.590. The molecule has 0 bridgehead atoms. The monoisotopic (exact) mass is 531 g/mol. The predicted molar refractivity (Wildman–Crippen MR) is 156 cm³/mol. The zero-order chi connectivity index (χ0) is 26.5. The molecule has 1 fully saturated rings. The zero-order valence-electron chi connectivity index (χ0n) is 22.2. The average molecular weight is 532 g/mol. The van der Waals surface area contributed by atoms with Gasteiger partial charge in [-0.1, -0.05) is 55.5 Å². The molecule has 1 aromatic heterocycles. The van der Waals surface area contributed by atoms with E-state index in [1.54, 1.807) is 0 Å². The number of hydrogen-bond donors (Lipinski definition) is 3. The number of halogens is 1. The molecule has 1 aliphatic carbocycles. The first-order valence-corrected chi connectivity index (χ1v) is 14.2. The molecular weight excluding hydrogens is 494 g/mol. The van der Waals surface area contributed by atoms with Gasteiger partial charge in [-0.25, -0.2) is 0 Å². The molecule has 0 atom stereocenters. The maximum atomic E-state index is 6.23. The first kappa shape index (κ1) is 26.6. The van der Waals surface area contributed by atoms with E-state index >= 15 is 0 Å². The Balaban J connectivity index is 1.43. The quantitative estimate of drug-likeness (QED) is 0.276. The summed E-state index contributed by atoms with van der Waals surface area (Å²) >= 11 is 6.23. The highest BCUT2D eigenvalue weighted by atomic mass is 35.5. The Bertz CT molecular complexity index is 1320. The van der Waals surface area contributed by atoms with Crippen LogP contribution in [0.5, 0.6) is 0 Å². The number of rotatable bonds is 12. The largest absolute Gasteiger partial charge is 0.391 e. The van der Waals surface area contributed by atoms with Crippen molar-refractivity contribution in [3.8, 4) is 5.69 Å². The van der Waals surface area contributed by atoms with Crippen LogP contribution in [0.2, 0.25) is 5.02 Å². The smallest absolute Gasteiger partial charge is 0.165 e. The van der Waals surface area contributed by atoms with Crippen molar-refractivity contribution in [3.05, 3.63) is 82.0 Å². The zero-order valence-corrected chi connectivity index (χ0v) is 23.0. The predicted octanol–water partition coefficient (Wildman–Crippen LogP) is 5.26. The number of hydrogen-bond acceptors (Lipinski definition) is 6. The van der Waals surface area contributed by atoms with Crippen molar-refractivity contribution in [2.75, 3.05) is 19.6 Å². The minimum absolute atomic E-state index is 0.326. The molecule has 5 rings (SSSR count). The van der Waals surface area contributed by atoms with Crippen molar-refractivity contribution in [2.24, 2.45) is 16.5 Å². The van der Waals surface area contributed by atoms with Crippen molar-refractivity contribution in [1.82, 2.24) is 20.1 Å². The number of aryl methyl sites for hydroxylation is 1. The summed E-state index contributed by atoms with van der Waals surface area (Å²) in [7, 11) is 0. The van der Waals surface area contributed by atoms with Gasteiger partial charge in [-0.3, -0.25) is 9.56 Å². The lowest BCUT2D eigenvalue weighted by atomic mass is 9.95. The number of nitrogens with one attached hydrogen (secondary N) is 1. The maximum absolute atomic E-state index is 6.23. The van der Waals surface area contributed by atoms with Gasteiger partial charge in [-0.05, 0) is 74.6 Å². The van der Waals surface area contributed by atoms with Crippen molar-refractivity contribution >= 4 is 22.9 Å². The van der Waals surface area contributed by atoms with Crippen molar-refractivity contribution in [2.45, 2.75) is 63.8 Å². The molecule has 0 amide bonds. The fraction of sp³-hybridized carbons (Fsp3) is 0.433. The average Bonchev–Trinajstić information content (AvgIpc) is 3.63. The molecule has 1 aliphatic heterocycles. The van der Waals surface area contributed by atoms with E-state index in [-0.39, 0.29) is 5.54 Å². The number of nitrogens with zero attached hydrogens (tertiary/aromatic N) is 4. The van der Waals surface area contributed by atoms with Gasteiger partial charge in [0.25, 0.3) is 0 Å². The highest BCUT2D eigenvalue weighted by molar-refractivity contribution is 6.30. The highest BCUT2D eigenvalue weighted by Gasteiger charge is 2.51. The molecule has 2 heterocycles. The number of nitrogens with two attached hydrogens (primary N) is 2. The van der Waals surface area contributed by atoms with Crippen LogP contribution in [0.1, 0.15) is 79.7 Å². The number of benzene rings is 2. The van der Waals surface area contributed by atoms with Crippen LogP contribution in [0.25, 0.3) is 11.3 Å². The first-order chi connectivity index (χ1) is 18.6. The van der Waals surface area contributed by atoms with Gasteiger partial charge in [0.2, 0.25) is 0 Å². The fourth-order valence-corrected chi connectivity index (χ4v) is 5.34. The SMILES string of the molecule is Cc1nnc2n1-c1ccc(/C(=C/NCCCCCCCCN)CN)cc1C(c1ccc(Cl)cc1)=NC21CC1. The molecule has 7 nitrogen and oxygen atoms in total. The van der Waals surface area contributed by atoms with Crippen LogP contribution in [0.3, 0.4) is 0 Å². The van der Waals surface area contributed by atoms with Crippen molar-refractivity contribution < 1.29 is 0 Å². The van der Waals surface area contributed by atoms with Gasteiger partial charge in [-0.15, -0.1) is 10.2 Å². The van der Waals surface area contributed by atoms with Gasteiger partial charge in [0.05, 0.1) is 11.4 Å². The standard InChI is InChI=1S/C30H38ClN7/c1-21-36-37-29-30(14-15-30)35-28(22-8-11-25(31)12-9-22)26-18-23(10-13-27(26)38(21)29)24(19-33)20-34-17-7-5-3-2-4-6-16-32/h8-13,18,20,34H,2-7,14-17,19,32-33H2,1H3/b24-20+. The Morgan fingerprint density at radius 1 is 1.00 bits per heavy atom. The molecule has 2 aliphatic rings. The lowest BCUT2D eigenvalue weighted by Crippen LogP contribution is -2.13. The summed E-state index contributed by atoms with van der Waals surface area (Å²) < 4.78 is 2.18. The second kappa shape index (κ2) is 11.8. The van der Waals surface area contributed by atoms with E-state index in [0.717, 1.165) is 84.1 Å². The normalized spacial score (nSPS) is 15.6. The molecule has 3 aromatic rings. The Morgan fingerprint density at radius 2 is 1.74 bits per heavy atom. The minimum Gasteiger partial charge on any atom is -0.391 e. The van der Waals surface area contributed by atoms with Crippen LogP contribution in [0, 0.1) is 6.92 Å². The van der Waals surface area contributed by atoms with E-state index in [9.17, 15) is 0 Å². The van der Waals surface area contributed by atoms with Gasteiger partial charge in [-0.2, -0.15) is 0 Å². The summed E-state index contributed by atoms with van der Waals surface area (Å²) in [5, 5.41) is 13.2. The van der Waals surface area contributed by atoms with E-state index in [2.05, 4.69) is 44.5 Å². The molecule has 0 radical (unpaired) electrons. The van der Waals surface area contributed by atoms with E-state index in [0.29, 0.717) is 11.6 Å². The van der Waals surface area contributed by atoms with E-state index in [1.807, 2.05) is 31.2 Å². The lowest BCUT2D eigenvalue weighted by Gasteiger charge is -2.16. The molecular formula is C30H38ClN7. The fourth-order valence-electron chi connectivity index (χ4n) is 5.21. The van der Waals surface area contributed by atoms with Crippen LogP contribution in [-0.4, -0.2) is 40.1 Å². The van der Waals surface area contributed by atoms with Crippen LogP contribution >= 0.6 is 11.6 Å². The minimum atomic E-state index is -0.326. The number of aliphatic imine (C=N–C) groups is 1. The molecule has 200 valence electrons. The Kier molecular flexibility index (Phi) is 8.27. The van der Waals surface area contributed by atoms with Gasteiger partial charge in [0.15, 0.2) is 5.82 Å². The van der Waals surface area contributed by atoms with Crippen LogP contribution in [-0.2, 0) is 5.54 Å². The summed E-state index contributed by atoms with van der Waals surface area (Å²) in [6.45, 7) is 4.18. The van der Waals surface area contributed by atoms with Crippen LogP contribution in [0.4, 0.5) is 0 Å². The van der Waals surface area contributed by atoms with E-state index < -0.39 is 0 Å². The molecule has 0 unspecified atom stereocenters. The second-order valence-electron chi connectivity index (χ2n) is 10.4. The van der Waals surface area contributed by atoms with E-state index in [1.165, 1.54) is 25.7 Å². The summed E-state index contributed by atoms with van der Waals surface area (Å²) in [5.41, 5.74) is 17.7. The van der Waals surface area contributed by atoms with Gasteiger partial charge in [0.1, 0.15) is 11.4 Å². The molecule has 1 saturated carbocycles. The van der Waals surface area contributed by atoms with Crippen LogP contribution in [0.15, 0.2) is 53.7 Å². The third-order valence-electron chi connectivity index (χ3n) is 7.54. The van der Waals surface area contributed by atoms with E-state index in [4.69, 9.17) is 28.1 Å². The summed E-state index contributed by atoms with van der Waals surface area (Å²) in [6, 6.07) is 14.4. The Hall–Kier alpha value is -3.00. The topological polar surface area (TPSA) is 107 Å². The third kappa shape index (κ3) is 5.55. The maximum Gasteiger partial charge on any atom is 0.165 e. The molecule has 0 saturated heterocycles. The number of unbranched alkanes of at least 4 members (excludes halogenated alkanes) is 5. The summed E-state index contributed by atoms with van der Waals surface area (Å²) in [4.78, 5) is 5.34. The third-order valence-corrected chi connectivity index (χ3v) is 7.79. The van der Waals surface area contributed by atoms with Crippen LogP contribution < -0.4 is 16.8 Å². The van der Waals surface area contributed by atoms with Gasteiger partial charge >= 0.3 is 0 Å². The first-order valence-electron chi connectivity index (χ1n) is 13.8. The van der Waals surface area contributed by atoms with Gasteiger partial charge < -0.3 is 16.8 Å². The van der Waals surface area contributed by atoms with Crippen molar-refractivity contribution in [3.63, 3.8) is 0 Å². The molecule has 8 heteroatoms. The second-order valence-corrected chi connectivity index (χ2v) is 10.8.